The fraction of sp³-hybridized carbons (Fsp3) is 0.400. The van der Waals surface area contributed by atoms with Gasteiger partial charge in [0.2, 0.25) is 0 Å². The van der Waals surface area contributed by atoms with Crippen molar-refractivity contribution < 1.29 is 5.11 Å². The average Bonchev–Trinajstić information content (AvgIpc) is 3.14. The maximum absolute atomic E-state index is 8.63. The van der Waals surface area contributed by atoms with Gasteiger partial charge in [0, 0.05) is 0 Å². The van der Waals surface area contributed by atoms with Crippen LogP contribution in [-0.4, -0.2) is 5.11 Å². The SMILES string of the molecule is C1=CC2C3C=CC(C3)C2C1.C=C(C)C.Oc1ccccc1. The second-order valence-electron chi connectivity index (χ2n) is 6.40. The van der Waals surface area contributed by atoms with Crippen LogP contribution >= 0.6 is 0 Å². The highest BCUT2D eigenvalue weighted by atomic mass is 16.3. The van der Waals surface area contributed by atoms with E-state index >= 15 is 0 Å². The Kier molecular flexibility index (Phi) is 5.44. The van der Waals surface area contributed by atoms with Crippen molar-refractivity contribution in [2.45, 2.75) is 26.7 Å². The molecule has 1 heteroatoms. The summed E-state index contributed by atoms with van der Waals surface area (Å²) in [5.74, 6) is 4.14. The fourth-order valence-corrected chi connectivity index (χ4v) is 3.40. The van der Waals surface area contributed by atoms with E-state index in [0.29, 0.717) is 5.75 Å². The van der Waals surface area contributed by atoms with Gasteiger partial charge in [0.25, 0.3) is 0 Å². The van der Waals surface area contributed by atoms with Gasteiger partial charge < -0.3 is 5.11 Å². The van der Waals surface area contributed by atoms with Crippen LogP contribution in [0.25, 0.3) is 0 Å². The van der Waals surface area contributed by atoms with Gasteiger partial charge in [-0.3, -0.25) is 0 Å². The minimum absolute atomic E-state index is 0.322. The minimum Gasteiger partial charge on any atom is -0.508 e. The standard InChI is InChI=1S/C10H12.C6H6O.C4H8/c1-2-9-7-4-5-8(6-7)10(9)3-1;7-6-4-2-1-3-5-6;1-4(2)3/h1-2,4-5,7-10H,3,6H2;1-5,7H;1H2,2-3H3. The van der Waals surface area contributed by atoms with Crippen LogP contribution in [0.3, 0.4) is 0 Å². The summed E-state index contributed by atoms with van der Waals surface area (Å²) in [4.78, 5) is 0. The van der Waals surface area contributed by atoms with Crippen molar-refractivity contribution in [1.82, 2.24) is 0 Å². The third-order valence-electron chi connectivity index (χ3n) is 4.21. The summed E-state index contributed by atoms with van der Waals surface area (Å²) in [6.45, 7) is 7.50. The first-order valence-electron chi connectivity index (χ1n) is 7.79. The molecular weight excluding hydrogens is 256 g/mol. The Hall–Kier alpha value is -1.76. The summed E-state index contributed by atoms with van der Waals surface area (Å²) in [5, 5.41) is 8.63. The molecule has 1 aromatic carbocycles. The highest BCUT2D eigenvalue weighted by molar-refractivity contribution is 5.21. The first kappa shape index (κ1) is 15.6. The quantitative estimate of drug-likeness (QED) is 0.635. The van der Waals surface area contributed by atoms with E-state index < -0.39 is 0 Å². The maximum atomic E-state index is 8.63. The van der Waals surface area contributed by atoms with Gasteiger partial charge in [0.05, 0.1) is 0 Å². The molecule has 1 nitrogen and oxygen atoms in total. The zero-order chi connectivity index (χ0) is 15.2. The normalized spacial score (nSPS) is 30.0. The van der Waals surface area contributed by atoms with Crippen LogP contribution in [-0.2, 0) is 0 Å². The third-order valence-corrected chi connectivity index (χ3v) is 4.21. The van der Waals surface area contributed by atoms with Gasteiger partial charge in [-0.25, -0.2) is 0 Å². The van der Waals surface area contributed by atoms with E-state index in [-0.39, 0.29) is 0 Å². The maximum Gasteiger partial charge on any atom is 0.115 e. The van der Waals surface area contributed by atoms with E-state index in [1.54, 1.807) is 24.3 Å². The van der Waals surface area contributed by atoms with Crippen molar-refractivity contribution in [2.75, 3.05) is 0 Å². The lowest BCUT2D eigenvalue weighted by Crippen LogP contribution is -2.12. The topological polar surface area (TPSA) is 20.2 Å². The van der Waals surface area contributed by atoms with Crippen LogP contribution in [0.4, 0.5) is 0 Å². The molecule has 3 aliphatic carbocycles. The summed E-state index contributed by atoms with van der Waals surface area (Å²) in [7, 11) is 0. The Balaban J connectivity index is 0.000000130. The fourth-order valence-electron chi connectivity index (χ4n) is 3.40. The van der Waals surface area contributed by atoms with Crippen molar-refractivity contribution in [3.8, 4) is 5.75 Å². The zero-order valence-electron chi connectivity index (χ0n) is 13.1. The summed E-state index contributed by atoms with van der Waals surface area (Å²) in [6.07, 6.45) is 12.5. The molecule has 0 heterocycles. The Morgan fingerprint density at radius 1 is 1.05 bits per heavy atom. The molecule has 1 fully saturated rings. The average molecular weight is 282 g/mol. The molecule has 0 aliphatic heterocycles. The minimum atomic E-state index is 0.322. The van der Waals surface area contributed by atoms with E-state index in [9.17, 15) is 0 Å². The molecular formula is C20H26O. The zero-order valence-corrected chi connectivity index (χ0v) is 13.1. The van der Waals surface area contributed by atoms with Gasteiger partial charge in [0.15, 0.2) is 0 Å². The highest BCUT2D eigenvalue weighted by Gasteiger charge is 2.44. The lowest BCUT2D eigenvalue weighted by Gasteiger charge is -2.18. The van der Waals surface area contributed by atoms with E-state index in [0.717, 1.165) is 23.7 Å². The Bertz CT molecular complexity index is 508. The predicted octanol–water partition coefficient (Wildman–Crippen LogP) is 5.36. The van der Waals surface area contributed by atoms with Gasteiger partial charge in [-0.1, -0.05) is 48.1 Å². The van der Waals surface area contributed by atoms with Crippen molar-refractivity contribution in [1.29, 1.82) is 0 Å². The van der Waals surface area contributed by atoms with Crippen LogP contribution in [0.1, 0.15) is 26.7 Å². The molecule has 0 saturated heterocycles. The van der Waals surface area contributed by atoms with Crippen LogP contribution in [0, 0.1) is 23.7 Å². The Morgan fingerprint density at radius 3 is 2.19 bits per heavy atom. The number of fused-ring (bicyclic) bond motifs is 5. The summed E-state index contributed by atoms with van der Waals surface area (Å²) >= 11 is 0. The van der Waals surface area contributed by atoms with Crippen molar-refractivity contribution >= 4 is 0 Å². The van der Waals surface area contributed by atoms with E-state index in [1.807, 2.05) is 19.9 Å². The summed E-state index contributed by atoms with van der Waals surface area (Å²) < 4.78 is 0. The van der Waals surface area contributed by atoms with E-state index in [1.165, 1.54) is 18.4 Å². The van der Waals surface area contributed by atoms with Crippen molar-refractivity contribution in [2.24, 2.45) is 23.7 Å². The lowest BCUT2D eigenvalue weighted by atomic mass is 9.86. The van der Waals surface area contributed by atoms with Gasteiger partial charge in [-0.05, 0) is 62.5 Å². The van der Waals surface area contributed by atoms with Crippen LogP contribution in [0.15, 0.2) is 66.8 Å². The number of rotatable bonds is 0. The van der Waals surface area contributed by atoms with Crippen LogP contribution in [0.2, 0.25) is 0 Å². The molecule has 0 spiro atoms. The molecule has 3 aliphatic rings. The first-order valence-corrected chi connectivity index (χ1v) is 7.79. The highest BCUT2D eigenvalue weighted by Crippen LogP contribution is 2.52. The molecule has 0 aromatic heterocycles. The number of allylic oxidation sites excluding steroid dienone is 5. The monoisotopic (exact) mass is 282 g/mol. The Morgan fingerprint density at radius 2 is 1.67 bits per heavy atom. The molecule has 1 aromatic rings. The first-order chi connectivity index (χ1) is 10.1. The summed E-state index contributed by atoms with van der Waals surface area (Å²) in [6, 6.07) is 8.71. The molecule has 1 N–H and O–H groups in total. The van der Waals surface area contributed by atoms with Crippen LogP contribution < -0.4 is 0 Å². The molecule has 4 rings (SSSR count). The predicted molar refractivity (Wildman–Crippen MR) is 90.1 cm³/mol. The lowest BCUT2D eigenvalue weighted by molar-refractivity contribution is 0.398. The van der Waals surface area contributed by atoms with Gasteiger partial charge in [0.1, 0.15) is 5.75 Å². The number of para-hydroxylation sites is 1. The van der Waals surface area contributed by atoms with E-state index in [2.05, 4.69) is 30.9 Å². The molecule has 4 atom stereocenters. The molecule has 21 heavy (non-hydrogen) atoms. The van der Waals surface area contributed by atoms with Crippen LogP contribution in [0.5, 0.6) is 5.75 Å². The second kappa shape index (κ2) is 7.31. The molecule has 1 saturated carbocycles. The third kappa shape index (κ3) is 4.35. The largest absolute Gasteiger partial charge is 0.508 e. The van der Waals surface area contributed by atoms with Gasteiger partial charge >= 0.3 is 0 Å². The second-order valence-corrected chi connectivity index (χ2v) is 6.40. The van der Waals surface area contributed by atoms with Gasteiger partial charge in [-0.2, -0.15) is 0 Å². The number of hydrogen-bond acceptors (Lipinski definition) is 1. The molecule has 0 radical (unpaired) electrons. The smallest absolute Gasteiger partial charge is 0.115 e. The number of hydrogen-bond donors (Lipinski definition) is 1. The van der Waals surface area contributed by atoms with Crippen molar-refractivity contribution in [3.05, 3.63) is 66.8 Å². The number of phenols is 1. The number of benzene rings is 1. The molecule has 4 unspecified atom stereocenters. The number of aromatic hydroxyl groups is 1. The van der Waals surface area contributed by atoms with Gasteiger partial charge in [-0.15, -0.1) is 6.58 Å². The molecule has 2 bridgehead atoms. The molecule has 0 amide bonds. The van der Waals surface area contributed by atoms with Crippen molar-refractivity contribution in [3.63, 3.8) is 0 Å². The summed E-state index contributed by atoms with van der Waals surface area (Å²) in [5.41, 5.74) is 1.17. The van der Waals surface area contributed by atoms with E-state index in [4.69, 9.17) is 5.11 Å². The molecule has 112 valence electrons. The Labute approximate surface area is 128 Å². The number of phenolic OH excluding ortho intramolecular Hbond substituents is 1.